The molecule has 0 spiro atoms. The van der Waals surface area contributed by atoms with Gasteiger partial charge in [-0.3, -0.25) is 14.2 Å². The number of hydrogen-bond acceptors (Lipinski definition) is 5. The van der Waals surface area contributed by atoms with E-state index in [0.717, 1.165) is 0 Å². The van der Waals surface area contributed by atoms with Gasteiger partial charge in [0.1, 0.15) is 5.76 Å². The van der Waals surface area contributed by atoms with E-state index in [9.17, 15) is 9.59 Å². The average molecular weight is 373 g/mol. The van der Waals surface area contributed by atoms with E-state index in [1.165, 1.54) is 4.57 Å². The van der Waals surface area contributed by atoms with Gasteiger partial charge in [0.2, 0.25) is 0 Å². The van der Waals surface area contributed by atoms with Gasteiger partial charge < -0.3 is 19.0 Å². The first kappa shape index (κ1) is 18.1. The Morgan fingerprint density at radius 1 is 1.38 bits per heavy atom. The van der Waals surface area contributed by atoms with Gasteiger partial charge in [-0.2, -0.15) is 0 Å². The maximum absolute atomic E-state index is 13.0. The molecule has 1 amide bonds. The lowest BCUT2D eigenvalue weighted by Gasteiger charge is -2.21. The van der Waals surface area contributed by atoms with Crippen LogP contribution in [0, 0.1) is 4.77 Å². The maximum atomic E-state index is 13.0. The summed E-state index contributed by atoms with van der Waals surface area (Å²) in [6.45, 7) is 1.16. The highest BCUT2D eigenvalue weighted by atomic mass is 32.1. The Labute approximate surface area is 154 Å². The second kappa shape index (κ2) is 7.67. The molecule has 26 heavy (non-hydrogen) atoms. The molecule has 8 heteroatoms. The van der Waals surface area contributed by atoms with E-state index in [0.29, 0.717) is 46.7 Å². The van der Waals surface area contributed by atoms with E-state index in [2.05, 4.69) is 4.98 Å². The fourth-order valence-corrected chi connectivity index (χ4v) is 2.86. The lowest BCUT2D eigenvalue weighted by atomic mass is 10.1. The highest BCUT2D eigenvalue weighted by Gasteiger charge is 2.18. The number of carbonyl (C=O) groups excluding carboxylic acids is 1. The third-order valence-electron chi connectivity index (χ3n) is 4.13. The van der Waals surface area contributed by atoms with Crippen molar-refractivity contribution in [1.29, 1.82) is 0 Å². The van der Waals surface area contributed by atoms with Crippen molar-refractivity contribution in [2.75, 3.05) is 20.3 Å². The summed E-state index contributed by atoms with van der Waals surface area (Å²) in [6, 6.07) is 8.52. The van der Waals surface area contributed by atoms with Crippen LogP contribution in [0.25, 0.3) is 10.9 Å². The summed E-state index contributed by atoms with van der Waals surface area (Å²) in [6.07, 6.45) is 1.57. The van der Waals surface area contributed by atoms with Crippen molar-refractivity contribution in [3.8, 4) is 0 Å². The molecule has 1 N–H and O–H groups in total. The number of amides is 1. The standard InChI is InChI=1S/C18H19N3O4S/c1-20-17(23)14-6-5-12(10-15(14)19-18(20)26)16(22)21(7-9-24-2)11-13-4-3-8-25-13/h3-6,8,10H,7,9,11H2,1-2H3,(H,19,26). The second-order valence-electron chi connectivity index (χ2n) is 5.85. The minimum atomic E-state index is -0.199. The summed E-state index contributed by atoms with van der Waals surface area (Å²) in [4.78, 5) is 29.9. The highest BCUT2D eigenvalue weighted by Crippen LogP contribution is 2.15. The molecule has 0 fully saturated rings. The smallest absolute Gasteiger partial charge is 0.261 e. The number of benzene rings is 1. The number of H-pyrrole nitrogens is 1. The van der Waals surface area contributed by atoms with Crippen LogP contribution < -0.4 is 5.56 Å². The Morgan fingerprint density at radius 2 is 2.19 bits per heavy atom. The van der Waals surface area contributed by atoms with Crippen LogP contribution >= 0.6 is 12.2 Å². The number of fused-ring (bicyclic) bond motifs is 1. The van der Waals surface area contributed by atoms with Crippen LogP contribution in [-0.4, -0.2) is 40.6 Å². The number of carbonyl (C=O) groups is 1. The fraction of sp³-hybridized carbons (Fsp3) is 0.278. The van der Waals surface area contributed by atoms with E-state index in [1.807, 2.05) is 6.07 Å². The van der Waals surface area contributed by atoms with Crippen LogP contribution in [0.1, 0.15) is 16.1 Å². The molecule has 0 saturated heterocycles. The molecule has 7 nitrogen and oxygen atoms in total. The van der Waals surface area contributed by atoms with Crippen molar-refractivity contribution >= 4 is 29.0 Å². The number of ether oxygens (including phenoxy) is 1. The van der Waals surface area contributed by atoms with Crippen LogP contribution in [0.2, 0.25) is 0 Å². The summed E-state index contributed by atoms with van der Waals surface area (Å²) >= 11 is 5.15. The van der Waals surface area contributed by atoms with E-state index in [4.69, 9.17) is 21.4 Å². The van der Waals surface area contributed by atoms with Crippen molar-refractivity contribution in [3.05, 3.63) is 63.0 Å². The molecule has 0 bridgehead atoms. The van der Waals surface area contributed by atoms with Gasteiger partial charge in [0.25, 0.3) is 11.5 Å². The Hall–Kier alpha value is -2.71. The molecule has 3 aromatic rings. The van der Waals surface area contributed by atoms with Crippen LogP contribution in [-0.2, 0) is 18.3 Å². The quantitative estimate of drug-likeness (QED) is 0.672. The third-order valence-corrected chi connectivity index (χ3v) is 4.50. The molecule has 0 radical (unpaired) electrons. The molecule has 0 aliphatic carbocycles. The number of hydrogen-bond donors (Lipinski definition) is 1. The number of aromatic amines is 1. The molecule has 3 rings (SSSR count). The minimum Gasteiger partial charge on any atom is -0.467 e. The molecular formula is C18H19N3O4S. The molecule has 0 unspecified atom stereocenters. The van der Waals surface area contributed by atoms with Crippen molar-refractivity contribution in [2.24, 2.45) is 7.05 Å². The van der Waals surface area contributed by atoms with Gasteiger partial charge in [-0.25, -0.2) is 0 Å². The van der Waals surface area contributed by atoms with Gasteiger partial charge in [0.15, 0.2) is 4.77 Å². The first-order valence-corrected chi connectivity index (χ1v) is 8.45. The lowest BCUT2D eigenvalue weighted by Crippen LogP contribution is -2.33. The first-order valence-electron chi connectivity index (χ1n) is 8.05. The molecular weight excluding hydrogens is 354 g/mol. The van der Waals surface area contributed by atoms with Gasteiger partial charge in [0.05, 0.1) is 30.3 Å². The monoisotopic (exact) mass is 373 g/mol. The maximum Gasteiger partial charge on any atom is 0.261 e. The molecule has 2 aromatic heterocycles. The average Bonchev–Trinajstić information content (AvgIpc) is 3.15. The first-order chi connectivity index (χ1) is 12.5. The summed E-state index contributed by atoms with van der Waals surface area (Å²) in [5, 5.41) is 0.479. The Bertz CT molecular complexity index is 1040. The normalized spacial score (nSPS) is 11.0. The summed E-state index contributed by atoms with van der Waals surface area (Å²) in [7, 11) is 3.19. The molecule has 2 heterocycles. The summed E-state index contributed by atoms with van der Waals surface area (Å²) in [5.74, 6) is 0.504. The molecule has 136 valence electrons. The Balaban J connectivity index is 1.96. The summed E-state index contributed by atoms with van der Waals surface area (Å²) in [5.41, 5.74) is 0.794. The van der Waals surface area contributed by atoms with Crippen molar-refractivity contribution in [2.45, 2.75) is 6.54 Å². The SMILES string of the molecule is COCCN(Cc1ccco1)C(=O)c1ccc2c(=O)n(C)c(=S)[nH]c2c1. The number of nitrogens with one attached hydrogen (secondary N) is 1. The van der Waals surface area contributed by atoms with Gasteiger partial charge in [0, 0.05) is 26.3 Å². The largest absolute Gasteiger partial charge is 0.467 e. The predicted molar refractivity (Wildman–Crippen MR) is 99.7 cm³/mol. The highest BCUT2D eigenvalue weighted by molar-refractivity contribution is 7.71. The second-order valence-corrected chi connectivity index (χ2v) is 6.24. The number of aromatic nitrogens is 2. The molecule has 1 aromatic carbocycles. The van der Waals surface area contributed by atoms with E-state index in [1.54, 1.807) is 49.6 Å². The lowest BCUT2D eigenvalue weighted by molar-refractivity contribution is 0.0666. The number of methoxy groups -OCH3 is 1. The van der Waals surface area contributed by atoms with Crippen LogP contribution in [0.4, 0.5) is 0 Å². The van der Waals surface area contributed by atoms with E-state index in [-0.39, 0.29) is 11.5 Å². The third kappa shape index (κ3) is 3.61. The van der Waals surface area contributed by atoms with Gasteiger partial charge in [-0.15, -0.1) is 0 Å². The zero-order valence-electron chi connectivity index (χ0n) is 14.5. The Morgan fingerprint density at radius 3 is 2.88 bits per heavy atom. The molecule has 0 saturated carbocycles. The van der Waals surface area contributed by atoms with E-state index < -0.39 is 0 Å². The minimum absolute atomic E-state index is 0.180. The zero-order chi connectivity index (χ0) is 18.7. The predicted octanol–water partition coefficient (Wildman–Crippen LogP) is 2.48. The molecule has 0 atom stereocenters. The van der Waals surface area contributed by atoms with Crippen LogP contribution in [0.15, 0.2) is 45.8 Å². The van der Waals surface area contributed by atoms with Crippen molar-refractivity contribution in [1.82, 2.24) is 14.5 Å². The van der Waals surface area contributed by atoms with Crippen LogP contribution in [0.3, 0.4) is 0 Å². The summed E-state index contributed by atoms with van der Waals surface area (Å²) < 4.78 is 12.1. The van der Waals surface area contributed by atoms with Crippen LogP contribution in [0.5, 0.6) is 0 Å². The van der Waals surface area contributed by atoms with Gasteiger partial charge >= 0.3 is 0 Å². The zero-order valence-corrected chi connectivity index (χ0v) is 15.3. The Kier molecular flexibility index (Phi) is 5.34. The van der Waals surface area contributed by atoms with Gasteiger partial charge in [-0.05, 0) is 42.5 Å². The fourth-order valence-electron chi connectivity index (χ4n) is 2.67. The molecule has 0 aliphatic heterocycles. The topological polar surface area (TPSA) is 80.5 Å². The van der Waals surface area contributed by atoms with E-state index >= 15 is 0 Å². The number of rotatable bonds is 6. The van der Waals surface area contributed by atoms with Crippen molar-refractivity contribution < 1.29 is 13.9 Å². The number of furan rings is 1. The molecule has 0 aliphatic rings. The van der Waals surface area contributed by atoms with Gasteiger partial charge in [-0.1, -0.05) is 0 Å². The van der Waals surface area contributed by atoms with Crippen molar-refractivity contribution in [3.63, 3.8) is 0 Å². The number of nitrogens with zero attached hydrogens (tertiary/aromatic N) is 2.